The molecule has 0 aromatic heterocycles. The SMILES string of the molecule is CC(C(=O)O)(c1ccc(F)c(Br)c1)N1CCNCC1. The molecule has 4 nitrogen and oxygen atoms in total. The van der Waals surface area contributed by atoms with E-state index in [9.17, 15) is 14.3 Å². The van der Waals surface area contributed by atoms with Gasteiger partial charge in [0.25, 0.3) is 0 Å². The quantitative estimate of drug-likeness (QED) is 0.887. The largest absolute Gasteiger partial charge is 0.480 e. The number of carbonyl (C=O) groups is 1. The van der Waals surface area contributed by atoms with E-state index in [0.717, 1.165) is 13.1 Å². The number of carboxylic acids is 1. The van der Waals surface area contributed by atoms with Crippen molar-refractivity contribution in [3.63, 3.8) is 0 Å². The summed E-state index contributed by atoms with van der Waals surface area (Å²) in [6.45, 7) is 4.48. The third-order valence-corrected chi connectivity index (χ3v) is 4.26. The van der Waals surface area contributed by atoms with Gasteiger partial charge in [-0.2, -0.15) is 0 Å². The van der Waals surface area contributed by atoms with Crippen molar-refractivity contribution in [2.75, 3.05) is 26.2 Å². The molecule has 0 spiro atoms. The smallest absolute Gasteiger partial charge is 0.328 e. The molecule has 0 amide bonds. The lowest BCUT2D eigenvalue weighted by atomic mass is 9.89. The molecule has 0 bridgehead atoms. The van der Waals surface area contributed by atoms with Gasteiger partial charge in [0.1, 0.15) is 11.4 Å². The highest BCUT2D eigenvalue weighted by molar-refractivity contribution is 9.10. The first-order chi connectivity index (χ1) is 8.96. The molecule has 1 fully saturated rings. The highest BCUT2D eigenvalue weighted by Gasteiger charge is 2.41. The standard InChI is InChI=1S/C13H16BrFN2O2/c1-13(12(18)19,17-6-4-16-5-7-17)9-2-3-11(15)10(14)8-9/h2-3,8,16H,4-7H2,1H3,(H,18,19). The van der Waals surface area contributed by atoms with Crippen LogP contribution in [0.3, 0.4) is 0 Å². The Kier molecular flexibility index (Phi) is 4.23. The number of aliphatic carboxylic acids is 1. The maximum absolute atomic E-state index is 13.3. The first-order valence-electron chi connectivity index (χ1n) is 6.11. The van der Waals surface area contributed by atoms with Crippen molar-refractivity contribution in [2.45, 2.75) is 12.5 Å². The van der Waals surface area contributed by atoms with Crippen molar-refractivity contribution in [3.05, 3.63) is 34.1 Å². The maximum atomic E-state index is 13.3. The minimum atomic E-state index is -1.14. The van der Waals surface area contributed by atoms with E-state index < -0.39 is 17.3 Å². The Hall–Kier alpha value is -0.980. The summed E-state index contributed by atoms with van der Waals surface area (Å²) in [6, 6.07) is 4.38. The lowest BCUT2D eigenvalue weighted by Gasteiger charge is -2.40. The fraction of sp³-hybridized carbons (Fsp3) is 0.462. The second kappa shape index (κ2) is 5.56. The summed E-state index contributed by atoms with van der Waals surface area (Å²) < 4.78 is 13.6. The summed E-state index contributed by atoms with van der Waals surface area (Å²) in [6.07, 6.45) is 0. The van der Waals surface area contributed by atoms with Gasteiger partial charge in [0, 0.05) is 26.2 Å². The highest BCUT2D eigenvalue weighted by Crippen LogP contribution is 2.31. The topological polar surface area (TPSA) is 52.6 Å². The molecule has 104 valence electrons. The maximum Gasteiger partial charge on any atom is 0.328 e. The van der Waals surface area contributed by atoms with Crippen LogP contribution in [-0.2, 0) is 10.3 Å². The van der Waals surface area contributed by atoms with E-state index in [-0.39, 0.29) is 4.47 Å². The molecule has 1 aliphatic heterocycles. The van der Waals surface area contributed by atoms with Crippen molar-refractivity contribution >= 4 is 21.9 Å². The van der Waals surface area contributed by atoms with E-state index in [4.69, 9.17) is 0 Å². The third-order valence-electron chi connectivity index (χ3n) is 3.65. The van der Waals surface area contributed by atoms with Gasteiger partial charge in [-0.25, -0.2) is 9.18 Å². The van der Waals surface area contributed by atoms with Gasteiger partial charge < -0.3 is 10.4 Å². The van der Waals surface area contributed by atoms with Crippen LogP contribution in [0.4, 0.5) is 4.39 Å². The number of nitrogens with zero attached hydrogens (tertiary/aromatic N) is 1. The average Bonchev–Trinajstić information content (AvgIpc) is 2.41. The Bertz CT molecular complexity index is 492. The van der Waals surface area contributed by atoms with Crippen molar-refractivity contribution < 1.29 is 14.3 Å². The molecule has 6 heteroatoms. The van der Waals surface area contributed by atoms with Crippen molar-refractivity contribution in [1.29, 1.82) is 0 Å². The number of halogens is 2. The summed E-state index contributed by atoms with van der Waals surface area (Å²) in [5, 5.41) is 12.8. The Morgan fingerprint density at radius 1 is 1.47 bits per heavy atom. The van der Waals surface area contributed by atoms with Crippen LogP contribution in [0.1, 0.15) is 12.5 Å². The Labute approximate surface area is 119 Å². The normalized spacial score (nSPS) is 19.9. The average molecular weight is 331 g/mol. The van der Waals surface area contributed by atoms with Crippen LogP contribution in [0.25, 0.3) is 0 Å². The Balaban J connectivity index is 2.42. The van der Waals surface area contributed by atoms with Crippen LogP contribution in [0.5, 0.6) is 0 Å². The lowest BCUT2D eigenvalue weighted by molar-refractivity contribution is -0.151. The molecule has 0 radical (unpaired) electrons. The lowest BCUT2D eigenvalue weighted by Crippen LogP contribution is -2.56. The first-order valence-corrected chi connectivity index (χ1v) is 6.90. The molecule has 1 aromatic rings. The Morgan fingerprint density at radius 2 is 2.11 bits per heavy atom. The van der Waals surface area contributed by atoms with E-state index in [1.54, 1.807) is 13.0 Å². The molecule has 1 saturated heterocycles. The van der Waals surface area contributed by atoms with Crippen LogP contribution in [0, 0.1) is 5.82 Å². The van der Waals surface area contributed by atoms with Gasteiger partial charge in [0.2, 0.25) is 0 Å². The van der Waals surface area contributed by atoms with Gasteiger partial charge in [0.15, 0.2) is 0 Å². The van der Waals surface area contributed by atoms with Gasteiger partial charge in [-0.15, -0.1) is 0 Å². The number of carboxylic acid groups (broad SMARTS) is 1. The molecule has 1 heterocycles. The molecule has 1 atom stereocenters. The second-order valence-electron chi connectivity index (χ2n) is 4.74. The van der Waals surface area contributed by atoms with E-state index >= 15 is 0 Å². The minimum Gasteiger partial charge on any atom is -0.480 e. The highest BCUT2D eigenvalue weighted by atomic mass is 79.9. The fourth-order valence-corrected chi connectivity index (χ4v) is 2.73. The number of nitrogens with one attached hydrogen (secondary N) is 1. The number of piperazine rings is 1. The van der Waals surface area contributed by atoms with E-state index in [0.29, 0.717) is 18.7 Å². The first kappa shape index (κ1) is 14.4. The number of benzene rings is 1. The van der Waals surface area contributed by atoms with Gasteiger partial charge in [0.05, 0.1) is 4.47 Å². The molecule has 1 aliphatic rings. The van der Waals surface area contributed by atoms with Gasteiger partial charge in [-0.1, -0.05) is 6.07 Å². The number of rotatable bonds is 3. The molecular formula is C13H16BrFN2O2. The van der Waals surface area contributed by atoms with Gasteiger partial charge >= 0.3 is 5.97 Å². The van der Waals surface area contributed by atoms with E-state index in [1.165, 1.54) is 12.1 Å². The summed E-state index contributed by atoms with van der Waals surface area (Å²) in [4.78, 5) is 13.7. The number of hydrogen-bond donors (Lipinski definition) is 2. The van der Waals surface area contributed by atoms with Crippen LogP contribution in [0.2, 0.25) is 0 Å². The molecule has 19 heavy (non-hydrogen) atoms. The van der Waals surface area contributed by atoms with E-state index in [1.807, 2.05) is 4.90 Å². The van der Waals surface area contributed by atoms with Crippen LogP contribution in [0.15, 0.2) is 22.7 Å². The van der Waals surface area contributed by atoms with Gasteiger partial charge in [-0.05, 0) is 40.5 Å². The van der Waals surface area contributed by atoms with Crippen molar-refractivity contribution in [1.82, 2.24) is 10.2 Å². The van der Waals surface area contributed by atoms with Crippen LogP contribution < -0.4 is 5.32 Å². The summed E-state index contributed by atoms with van der Waals surface area (Å²) in [7, 11) is 0. The molecular weight excluding hydrogens is 315 g/mol. The summed E-state index contributed by atoms with van der Waals surface area (Å²) in [5.41, 5.74) is -0.562. The predicted molar refractivity (Wildman–Crippen MR) is 73.5 cm³/mol. The molecule has 0 aliphatic carbocycles. The molecule has 2 rings (SSSR count). The predicted octanol–water partition coefficient (Wildman–Crippen LogP) is 1.79. The van der Waals surface area contributed by atoms with Crippen molar-refractivity contribution in [2.24, 2.45) is 0 Å². The third kappa shape index (κ3) is 2.66. The minimum absolute atomic E-state index is 0.285. The van der Waals surface area contributed by atoms with Crippen LogP contribution >= 0.6 is 15.9 Å². The fourth-order valence-electron chi connectivity index (χ4n) is 2.35. The van der Waals surface area contributed by atoms with Gasteiger partial charge in [-0.3, -0.25) is 4.90 Å². The second-order valence-corrected chi connectivity index (χ2v) is 5.60. The van der Waals surface area contributed by atoms with Crippen LogP contribution in [-0.4, -0.2) is 42.2 Å². The molecule has 1 unspecified atom stereocenters. The zero-order valence-electron chi connectivity index (χ0n) is 10.6. The zero-order chi connectivity index (χ0) is 14.0. The summed E-state index contributed by atoms with van der Waals surface area (Å²) in [5.74, 6) is -1.32. The monoisotopic (exact) mass is 330 g/mol. The zero-order valence-corrected chi connectivity index (χ0v) is 12.2. The van der Waals surface area contributed by atoms with E-state index in [2.05, 4.69) is 21.2 Å². The Morgan fingerprint density at radius 3 is 2.63 bits per heavy atom. The molecule has 2 N–H and O–H groups in total. The molecule has 1 aromatic carbocycles. The summed E-state index contributed by atoms with van der Waals surface area (Å²) >= 11 is 3.11. The van der Waals surface area contributed by atoms with Crippen molar-refractivity contribution in [3.8, 4) is 0 Å². The molecule has 0 saturated carbocycles. The number of hydrogen-bond acceptors (Lipinski definition) is 3.